The van der Waals surface area contributed by atoms with Gasteiger partial charge in [0, 0.05) is 31.9 Å². The smallest absolute Gasteiger partial charge is 0.244 e. The van der Waals surface area contributed by atoms with E-state index in [1.54, 1.807) is 9.58 Å². The van der Waals surface area contributed by atoms with Crippen LogP contribution >= 0.6 is 0 Å². The van der Waals surface area contributed by atoms with Crippen LogP contribution in [0.1, 0.15) is 17.0 Å². The molecule has 1 aromatic heterocycles. The van der Waals surface area contributed by atoms with Crippen molar-refractivity contribution in [2.75, 3.05) is 26.2 Å². The van der Waals surface area contributed by atoms with Gasteiger partial charge in [0.15, 0.2) is 0 Å². The summed E-state index contributed by atoms with van der Waals surface area (Å²) < 4.78 is 1.71. The molecule has 0 saturated carbocycles. The third-order valence-corrected chi connectivity index (χ3v) is 5.09. The minimum Gasteiger partial charge on any atom is -0.368 e. The van der Waals surface area contributed by atoms with Gasteiger partial charge in [0.2, 0.25) is 11.8 Å². The Hall–Kier alpha value is -2.67. The SMILES string of the molecule is Cc1cc(C)n(CC(=O)N2CCN(CCc3ccccc3)C(C(N)=O)C2)n1. The van der Waals surface area contributed by atoms with E-state index in [-0.39, 0.29) is 18.4 Å². The van der Waals surface area contributed by atoms with Crippen LogP contribution in [0.25, 0.3) is 0 Å². The van der Waals surface area contributed by atoms with E-state index in [9.17, 15) is 9.59 Å². The summed E-state index contributed by atoms with van der Waals surface area (Å²) in [5.74, 6) is -0.415. The second-order valence-corrected chi connectivity index (χ2v) is 7.11. The maximum Gasteiger partial charge on any atom is 0.244 e. The van der Waals surface area contributed by atoms with Gasteiger partial charge < -0.3 is 10.6 Å². The number of hydrogen-bond donors (Lipinski definition) is 1. The molecule has 1 aromatic carbocycles. The van der Waals surface area contributed by atoms with Gasteiger partial charge in [0.05, 0.1) is 5.69 Å². The van der Waals surface area contributed by atoms with Crippen molar-refractivity contribution in [3.63, 3.8) is 0 Å². The van der Waals surface area contributed by atoms with Gasteiger partial charge in [-0.2, -0.15) is 5.10 Å². The van der Waals surface area contributed by atoms with Crippen molar-refractivity contribution in [2.24, 2.45) is 5.73 Å². The van der Waals surface area contributed by atoms with Gasteiger partial charge in [0.25, 0.3) is 0 Å². The van der Waals surface area contributed by atoms with Crippen molar-refractivity contribution < 1.29 is 9.59 Å². The number of primary amides is 1. The van der Waals surface area contributed by atoms with Crippen LogP contribution in [-0.4, -0.2) is 63.6 Å². The van der Waals surface area contributed by atoms with Crippen molar-refractivity contribution in [1.29, 1.82) is 0 Å². The van der Waals surface area contributed by atoms with Crippen LogP contribution in [0.5, 0.6) is 0 Å². The van der Waals surface area contributed by atoms with Crippen molar-refractivity contribution >= 4 is 11.8 Å². The van der Waals surface area contributed by atoms with E-state index in [0.29, 0.717) is 19.6 Å². The van der Waals surface area contributed by atoms with Gasteiger partial charge >= 0.3 is 0 Å². The quantitative estimate of drug-likeness (QED) is 0.814. The maximum absolute atomic E-state index is 12.7. The van der Waals surface area contributed by atoms with E-state index in [1.807, 2.05) is 38.1 Å². The first-order valence-electron chi connectivity index (χ1n) is 9.30. The van der Waals surface area contributed by atoms with Crippen molar-refractivity contribution in [1.82, 2.24) is 19.6 Å². The first kappa shape index (κ1) is 19.1. The Morgan fingerprint density at radius 2 is 1.93 bits per heavy atom. The molecule has 0 spiro atoms. The molecule has 1 unspecified atom stereocenters. The first-order valence-corrected chi connectivity index (χ1v) is 9.30. The van der Waals surface area contributed by atoms with Crippen LogP contribution in [0.4, 0.5) is 0 Å². The summed E-state index contributed by atoms with van der Waals surface area (Å²) in [6, 6.07) is 11.7. The van der Waals surface area contributed by atoms with Crippen LogP contribution in [-0.2, 0) is 22.6 Å². The fourth-order valence-electron chi connectivity index (χ4n) is 3.57. The Morgan fingerprint density at radius 3 is 2.56 bits per heavy atom. The first-order chi connectivity index (χ1) is 12.9. The molecule has 0 bridgehead atoms. The summed E-state index contributed by atoms with van der Waals surface area (Å²) in [6.07, 6.45) is 0.852. The van der Waals surface area contributed by atoms with E-state index < -0.39 is 6.04 Å². The number of aryl methyl sites for hydroxylation is 2. The standard InChI is InChI=1S/C20H27N5O2/c1-15-12-16(2)25(22-15)14-19(26)24-11-10-23(18(13-24)20(21)27)9-8-17-6-4-3-5-7-17/h3-7,12,18H,8-11,13-14H2,1-2H3,(H2,21,27). The molecule has 144 valence electrons. The molecule has 7 heteroatoms. The zero-order valence-electron chi connectivity index (χ0n) is 16.0. The van der Waals surface area contributed by atoms with E-state index in [0.717, 1.165) is 24.4 Å². The Bertz CT molecular complexity index is 802. The fraction of sp³-hybridized carbons (Fsp3) is 0.450. The average Bonchev–Trinajstić information content (AvgIpc) is 2.97. The number of benzene rings is 1. The molecule has 2 aromatic rings. The molecule has 2 heterocycles. The third-order valence-electron chi connectivity index (χ3n) is 5.09. The monoisotopic (exact) mass is 369 g/mol. The zero-order valence-corrected chi connectivity index (χ0v) is 16.0. The molecular weight excluding hydrogens is 342 g/mol. The molecule has 1 atom stereocenters. The largest absolute Gasteiger partial charge is 0.368 e. The van der Waals surface area contributed by atoms with Crippen LogP contribution in [0.15, 0.2) is 36.4 Å². The van der Waals surface area contributed by atoms with E-state index >= 15 is 0 Å². The zero-order chi connectivity index (χ0) is 19.4. The highest BCUT2D eigenvalue weighted by atomic mass is 16.2. The summed E-state index contributed by atoms with van der Waals surface area (Å²) in [5, 5.41) is 4.34. The summed E-state index contributed by atoms with van der Waals surface area (Å²) in [6.45, 7) is 6.35. The van der Waals surface area contributed by atoms with Gasteiger partial charge in [-0.15, -0.1) is 0 Å². The predicted octanol–water partition coefficient (Wildman–Crippen LogP) is 0.741. The Labute approximate surface area is 159 Å². The molecule has 2 N–H and O–H groups in total. The van der Waals surface area contributed by atoms with Crippen LogP contribution in [0.3, 0.4) is 0 Å². The number of piperazine rings is 1. The normalized spacial score (nSPS) is 17.9. The summed E-state index contributed by atoms with van der Waals surface area (Å²) in [7, 11) is 0. The van der Waals surface area contributed by atoms with Crippen molar-refractivity contribution in [3.8, 4) is 0 Å². The predicted molar refractivity (Wildman–Crippen MR) is 103 cm³/mol. The molecule has 1 saturated heterocycles. The third kappa shape index (κ3) is 4.74. The average molecular weight is 369 g/mol. The van der Waals surface area contributed by atoms with E-state index in [2.05, 4.69) is 22.1 Å². The van der Waals surface area contributed by atoms with Gasteiger partial charge in [-0.25, -0.2) is 0 Å². The second kappa shape index (κ2) is 8.35. The lowest BCUT2D eigenvalue weighted by Crippen LogP contribution is -2.60. The number of carbonyl (C=O) groups excluding carboxylic acids is 2. The molecular formula is C20H27N5O2. The number of amides is 2. The summed E-state index contributed by atoms with van der Waals surface area (Å²) >= 11 is 0. The molecule has 1 aliphatic heterocycles. The van der Waals surface area contributed by atoms with E-state index in [4.69, 9.17) is 5.73 Å². The lowest BCUT2D eigenvalue weighted by Gasteiger charge is -2.40. The topological polar surface area (TPSA) is 84.5 Å². The molecule has 27 heavy (non-hydrogen) atoms. The number of aromatic nitrogens is 2. The Morgan fingerprint density at radius 1 is 1.19 bits per heavy atom. The second-order valence-electron chi connectivity index (χ2n) is 7.11. The number of hydrogen-bond acceptors (Lipinski definition) is 4. The Kier molecular flexibility index (Phi) is 5.91. The summed E-state index contributed by atoms with van der Waals surface area (Å²) in [5.41, 5.74) is 8.70. The lowest BCUT2D eigenvalue weighted by molar-refractivity contribution is -0.137. The van der Waals surface area contributed by atoms with Gasteiger partial charge in [-0.1, -0.05) is 30.3 Å². The van der Waals surface area contributed by atoms with Gasteiger partial charge in [0.1, 0.15) is 12.6 Å². The lowest BCUT2D eigenvalue weighted by atomic mass is 10.1. The molecule has 0 aliphatic carbocycles. The molecule has 0 radical (unpaired) electrons. The van der Waals surface area contributed by atoms with Gasteiger partial charge in [-0.3, -0.25) is 19.2 Å². The molecule has 3 rings (SSSR count). The molecule has 7 nitrogen and oxygen atoms in total. The number of nitrogens with two attached hydrogens (primary N) is 1. The highest BCUT2D eigenvalue weighted by Crippen LogP contribution is 2.13. The van der Waals surface area contributed by atoms with Crippen LogP contribution < -0.4 is 5.73 Å². The minimum atomic E-state index is -0.452. The Balaban J connectivity index is 1.60. The van der Waals surface area contributed by atoms with Crippen LogP contribution in [0, 0.1) is 13.8 Å². The number of nitrogens with zero attached hydrogens (tertiary/aromatic N) is 4. The minimum absolute atomic E-state index is 0.0323. The highest BCUT2D eigenvalue weighted by Gasteiger charge is 2.32. The van der Waals surface area contributed by atoms with E-state index in [1.165, 1.54) is 5.56 Å². The number of rotatable bonds is 6. The van der Waals surface area contributed by atoms with Crippen molar-refractivity contribution in [3.05, 3.63) is 53.3 Å². The van der Waals surface area contributed by atoms with Crippen molar-refractivity contribution in [2.45, 2.75) is 32.9 Å². The summed E-state index contributed by atoms with van der Waals surface area (Å²) in [4.78, 5) is 28.5. The fourth-order valence-corrected chi connectivity index (χ4v) is 3.57. The highest BCUT2D eigenvalue weighted by molar-refractivity contribution is 5.82. The van der Waals surface area contributed by atoms with Gasteiger partial charge in [-0.05, 0) is 31.9 Å². The number of carbonyl (C=O) groups is 2. The molecule has 1 fully saturated rings. The van der Waals surface area contributed by atoms with Crippen LogP contribution in [0.2, 0.25) is 0 Å². The maximum atomic E-state index is 12.7. The molecule has 2 amide bonds. The molecule has 1 aliphatic rings.